The number of carbonyl (C=O) groups is 2. The molecule has 0 saturated carbocycles. The third kappa shape index (κ3) is 8.35. The van der Waals surface area contributed by atoms with Gasteiger partial charge in [0.15, 0.2) is 0 Å². The molecule has 0 bridgehead atoms. The number of halogens is 1. The van der Waals surface area contributed by atoms with Crippen molar-refractivity contribution in [1.82, 2.24) is 0 Å². The lowest BCUT2D eigenvalue weighted by atomic mass is 10.2. The van der Waals surface area contributed by atoms with Gasteiger partial charge in [0.25, 0.3) is 0 Å². The first kappa shape index (κ1) is 17.5. The van der Waals surface area contributed by atoms with Crippen LogP contribution in [0, 0.1) is 5.92 Å². The Morgan fingerprint density at radius 3 is 2.43 bits per heavy atom. The van der Waals surface area contributed by atoms with E-state index in [2.05, 4.69) is 0 Å². The first-order valence-electron chi connectivity index (χ1n) is 7.03. The summed E-state index contributed by atoms with van der Waals surface area (Å²) < 4.78 is 10.1. The highest BCUT2D eigenvalue weighted by molar-refractivity contribution is 6.30. The second-order valence-electron chi connectivity index (χ2n) is 5.18. The fourth-order valence-electron chi connectivity index (χ4n) is 1.58. The van der Waals surface area contributed by atoms with Gasteiger partial charge in [-0.2, -0.15) is 0 Å². The summed E-state index contributed by atoms with van der Waals surface area (Å²) in [5.41, 5.74) is 1.01. The summed E-state index contributed by atoms with van der Waals surface area (Å²) in [5, 5.41) is 0.659. The second-order valence-corrected chi connectivity index (χ2v) is 5.61. The highest BCUT2D eigenvalue weighted by Crippen LogP contribution is 2.11. The summed E-state index contributed by atoms with van der Waals surface area (Å²) in [5.74, 6) is -0.465. The summed E-state index contributed by atoms with van der Waals surface area (Å²) in [6, 6.07) is 7.39. The maximum atomic E-state index is 11.5. The van der Waals surface area contributed by atoms with Crippen LogP contribution >= 0.6 is 11.6 Å². The van der Waals surface area contributed by atoms with Crippen molar-refractivity contribution in [3.8, 4) is 0 Å². The lowest BCUT2D eigenvalue weighted by Crippen LogP contribution is -2.13. The van der Waals surface area contributed by atoms with Gasteiger partial charge in [-0.05, 0) is 23.6 Å². The van der Waals surface area contributed by atoms with Gasteiger partial charge in [-0.25, -0.2) is 0 Å². The number of carbonyl (C=O) groups excluding carboxylic acids is 2. The first-order chi connectivity index (χ1) is 9.97. The van der Waals surface area contributed by atoms with Crippen LogP contribution < -0.4 is 0 Å². The molecule has 0 fully saturated rings. The van der Waals surface area contributed by atoms with Crippen molar-refractivity contribution >= 4 is 23.5 Å². The number of ether oxygens (including phenoxy) is 2. The summed E-state index contributed by atoms with van der Waals surface area (Å²) in [6.07, 6.45) is 0.708. The molecule has 0 N–H and O–H groups in total. The molecular weight excluding hydrogens is 292 g/mol. The van der Waals surface area contributed by atoms with Crippen LogP contribution in [0.4, 0.5) is 0 Å². The molecule has 0 spiro atoms. The molecule has 1 rings (SSSR count). The van der Waals surface area contributed by atoms with Gasteiger partial charge in [0.1, 0.15) is 0 Å². The molecule has 0 atom stereocenters. The average molecular weight is 313 g/mol. The highest BCUT2D eigenvalue weighted by atomic mass is 35.5. The molecule has 21 heavy (non-hydrogen) atoms. The predicted molar refractivity (Wildman–Crippen MR) is 81.1 cm³/mol. The van der Waals surface area contributed by atoms with Crippen LogP contribution in [0.25, 0.3) is 0 Å². The fraction of sp³-hybridized carbons (Fsp3) is 0.500. The van der Waals surface area contributed by atoms with Gasteiger partial charge in [0.05, 0.1) is 26.1 Å². The van der Waals surface area contributed by atoms with E-state index in [0.717, 1.165) is 5.56 Å². The van der Waals surface area contributed by atoms with E-state index in [1.54, 1.807) is 6.07 Å². The first-order valence-corrected chi connectivity index (χ1v) is 7.41. The largest absolute Gasteiger partial charge is 0.465 e. The monoisotopic (exact) mass is 312 g/mol. The van der Waals surface area contributed by atoms with Crippen LogP contribution in [0.15, 0.2) is 24.3 Å². The van der Waals surface area contributed by atoms with E-state index in [4.69, 9.17) is 21.1 Å². The standard InChI is InChI=1S/C16H21ClO4/c1-12(2)11-21-16(19)7-6-15(18)20-9-8-13-4-3-5-14(17)10-13/h3-5,10,12H,6-9,11H2,1-2H3. The van der Waals surface area contributed by atoms with Crippen molar-refractivity contribution in [2.45, 2.75) is 33.1 Å². The number of rotatable bonds is 8. The lowest BCUT2D eigenvalue weighted by Gasteiger charge is -2.07. The molecule has 0 aliphatic rings. The molecule has 5 heteroatoms. The lowest BCUT2D eigenvalue weighted by molar-refractivity contribution is -0.150. The Labute approximate surface area is 130 Å². The van der Waals surface area contributed by atoms with Crippen LogP contribution in [0.2, 0.25) is 5.02 Å². The van der Waals surface area contributed by atoms with E-state index >= 15 is 0 Å². The Hall–Kier alpha value is -1.55. The van der Waals surface area contributed by atoms with Crippen LogP contribution in [0.1, 0.15) is 32.3 Å². The fourth-order valence-corrected chi connectivity index (χ4v) is 1.80. The highest BCUT2D eigenvalue weighted by Gasteiger charge is 2.09. The zero-order chi connectivity index (χ0) is 15.7. The summed E-state index contributed by atoms with van der Waals surface area (Å²) in [7, 11) is 0. The van der Waals surface area contributed by atoms with Gasteiger partial charge < -0.3 is 9.47 Å². The summed E-state index contributed by atoms with van der Waals surface area (Å²) >= 11 is 5.86. The van der Waals surface area contributed by atoms with E-state index in [1.165, 1.54) is 0 Å². The smallest absolute Gasteiger partial charge is 0.306 e. The van der Waals surface area contributed by atoms with Crippen molar-refractivity contribution < 1.29 is 19.1 Å². The molecule has 0 heterocycles. The Morgan fingerprint density at radius 2 is 1.81 bits per heavy atom. The van der Waals surface area contributed by atoms with Crippen molar-refractivity contribution in [3.05, 3.63) is 34.9 Å². The minimum Gasteiger partial charge on any atom is -0.465 e. The average Bonchev–Trinajstić information content (AvgIpc) is 2.43. The molecule has 0 aliphatic carbocycles. The van der Waals surface area contributed by atoms with E-state index in [1.807, 2.05) is 32.0 Å². The Morgan fingerprint density at radius 1 is 1.14 bits per heavy atom. The van der Waals surface area contributed by atoms with Crippen molar-refractivity contribution in [1.29, 1.82) is 0 Å². The van der Waals surface area contributed by atoms with Crippen molar-refractivity contribution in [3.63, 3.8) is 0 Å². The summed E-state index contributed by atoms with van der Waals surface area (Å²) in [6.45, 7) is 4.57. The SMILES string of the molecule is CC(C)COC(=O)CCC(=O)OCCc1cccc(Cl)c1. The van der Waals surface area contributed by atoms with E-state index in [9.17, 15) is 9.59 Å². The van der Waals surface area contributed by atoms with Gasteiger partial charge >= 0.3 is 11.9 Å². The predicted octanol–water partition coefficient (Wildman–Crippen LogP) is 3.41. The number of hydrogen-bond acceptors (Lipinski definition) is 4. The second kappa shape index (κ2) is 9.40. The minimum atomic E-state index is -0.390. The molecule has 4 nitrogen and oxygen atoms in total. The topological polar surface area (TPSA) is 52.6 Å². The maximum absolute atomic E-state index is 11.5. The van der Waals surface area contributed by atoms with Crippen LogP contribution in [0.3, 0.4) is 0 Å². The molecule has 0 aromatic heterocycles. The molecule has 0 radical (unpaired) electrons. The van der Waals surface area contributed by atoms with Gasteiger partial charge in [-0.1, -0.05) is 37.6 Å². The molecule has 0 aliphatic heterocycles. The quantitative estimate of drug-likeness (QED) is 0.690. The Balaban J connectivity index is 2.15. The molecule has 0 saturated heterocycles. The van der Waals surface area contributed by atoms with Crippen molar-refractivity contribution in [2.75, 3.05) is 13.2 Å². The molecular formula is C16H21ClO4. The van der Waals surface area contributed by atoms with Crippen LogP contribution in [0.5, 0.6) is 0 Å². The van der Waals surface area contributed by atoms with Gasteiger partial charge in [0, 0.05) is 11.4 Å². The van der Waals surface area contributed by atoms with Gasteiger partial charge in [-0.3, -0.25) is 9.59 Å². The molecule has 1 aromatic carbocycles. The minimum absolute atomic E-state index is 0.0481. The third-order valence-electron chi connectivity index (χ3n) is 2.65. The zero-order valence-electron chi connectivity index (χ0n) is 12.4. The van der Waals surface area contributed by atoms with Gasteiger partial charge in [-0.15, -0.1) is 0 Å². The van der Waals surface area contributed by atoms with Crippen LogP contribution in [-0.2, 0) is 25.5 Å². The molecule has 116 valence electrons. The number of benzene rings is 1. The Bertz CT molecular complexity index is 471. The zero-order valence-corrected chi connectivity index (χ0v) is 13.2. The van der Waals surface area contributed by atoms with Crippen molar-refractivity contribution in [2.24, 2.45) is 5.92 Å². The molecule has 1 aromatic rings. The van der Waals surface area contributed by atoms with E-state index in [0.29, 0.717) is 24.0 Å². The molecule has 0 unspecified atom stereocenters. The summed E-state index contributed by atoms with van der Waals surface area (Å²) in [4.78, 5) is 22.8. The van der Waals surface area contributed by atoms with Crippen LogP contribution in [-0.4, -0.2) is 25.2 Å². The Kier molecular flexibility index (Phi) is 7.83. The van der Waals surface area contributed by atoms with E-state index in [-0.39, 0.29) is 25.4 Å². The number of esters is 2. The number of hydrogen-bond donors (Lipinski definition) is 0. The van der Waals surface area contributed by atoms with E-state index < -0.39 is 5.97 Å². The molecule has 0 amide bonds. The normalized spacial score (nSPS) is 10.5. The van der Waals surface area contributed by atoms with Gasteiger partial charge in [0.2, 0.25) is 0 Å². The maximum Gasteiger partial charge on any atom is 0.306 e. The third-order valence-corrected chi connectivity index (χ3v) is 2.89.